The molecule has 2 aromatic carbocycles. The molecular formula is C16H11N3O6S2. The zero-order valence-electron chi connectivity index (χ0n) is 13.7. The summed E-state index contributed by atoms with van der Waals surface area (Å²) in [7, 11) is -3.87. The van der Waals surface area contributed by atoms with Crippen molar-refractivity contribution in [2.24, 2.45) is 0 Å². The normalized spacial score (nSPS) is 11.4. The second-order valence-electron chi connectivity index (χ2n) is 5.51. The van der Waals surface area contributed by atoms with Gasteiger partial charge in [0.15, 0.2) is 14.7 Å². The summed E-state index contributed by atoms with van der Waals surface area (Å²) >= 11 is 0.806. The number of benzene rings is 2. The van der Waals surface area contributed by atoms with Crippen LogP contribution in [0.3, 0.4) is 0 Å². The van der Waals surface area contributed by atoms with Crippen molar-refractivity contribution in [1.29, 1.82) is 0 Å². The van der Waals surface area contributed by atoms with Crippen LogP contribution in [0, 0.1) is 20.2 Å². The van der Waals surface area contributed by atoms with Gasteiger partial charge in [-0.15, -0.1) is 0 Å². The first kappa shape index (κ1) is 18.7. The number of nitro benzene ring substituents is 2. The lowest BCUT2D eigenvalue weighted by atomic mass is 10.2. The Bertz CT molecular complexity index is 1150. The van der Waals surface area contributed by atoms with Gasteiger partial charge in [0.05, 0.1) is 20.3 Å². The molecule has 0 saturated carbocycles. The number of para-hydroxylation sites is 1. The third kappa shape index (κ3) is 3.73. The minimum atomic E-state index is -3.87. The predicted molar refractivity (Wildman–Crippen MR) is 98.7 cm³/mol. The molecule has 27 heavy (non-hydrogen) atoms. The molecule has 0 radical (unpaired) electrons. The Morgan fingerprint density at radius 3 is 2.15 bits per heavy atom. The number of fused-ring (bicyclic) bond motifs is 1. The van der Waals surface area contributed by atoms with Gasteiger partial charge in [-0.3, -0.25) is 25.2 Å². The van der Waals surface area contributed by atoms with Gasteiger partial charge in [0.1, 0.15) is 0 Å². The molecule has 1 heterocycles. The summed E-state index contributed by atoms with van der Waals surface area (Å²) in [6, 6.07) is 10.3. The topological polar surface area (TPSA) is 133 Å². The van der Waals surface area contributed by atoms with Crippen LogP contribution in [0.15, 0.2) is 63.3 Å². The van der Waals surface area contributed by atoms with E-state index in [1.54, 1.807) is 36.5 Å². The molecule has 0 aliphatic rings. The zero-order chi connectivity index (χ0) is 19.8. The first-order valence-corrected chi connectivity index (χ1v) is 10.1. The molecule has 9 nitrogen and oxygen atoms in total. The van der Waals surface area contributed by atoms with E-state index in [-0.39, 0.29) is 4.90 Å². The van der Waals surface area contributed by atoms with E-state index in [4.69, 9.17) is 0 Å². The van der Waals surface area contributed by atoms with Gasteiger partial charge in [0.25, 0.3) is 11.4 Å². The number of nitro groups is 2. The van der Waals surface area contributed by atoms with Crippen LogP contribution in [0.1, 0.15) is 0 Å². The summed E-state index contributed by atoms with van der Waals surface area (Å²) in [5, 5.41) is 23.7. The van der Waals surface area contributed by atoms with E-state index < -0.39 is 36.0 Å². The molecule has 3 rings (SSSR count). The molecule has 0 atom stereocenters. The Balaban J connectivity index is 2.28. The molecule has 0 N–H and O–H groups in total. The van der Waals surface area contributed by atoms with E-state index >= 15 is 0 Å². The summed E-state index contributed by atoms with van der Waals surface area (Å²) in [5.41, 5.74) is -0.772. The van der Waals surface area contributed by atoms with E-state index in [9.17, 15) is 28.6 Å². The Morgan fingerprint density at radius 1 is 1.00 bits per heavy atom. The van der Waals surface area contributed by atoms with E-state index in [0.29, 0.717) is 10.4 Å². The van der Waals surface area contributed by atoms with E-state index in [1.807, 2.05) is 0 Å². The number of pyridine rings is 1. The maximum absolute atomic E-state index is 11.8. The molecule has 0 amide bonds. The largest absolute Gasteiger partial charge is 0.291 e. The van der Waals surface area contributed by atoms with Gasteiger partial charge < -0.3 is 0 Å². The van der Waals surface area contributed by atoms with Gasteiger partial charge in [-0.2, -0.15) is 0 Å². The van der Waals surface area contributed by atoms with Crippen molar-refractivity contribution in [3.8, 4) is 0 Å². The maximum Gasteiger partial charge on any atom is 0.291 e. The summed E-state index contributed by atoms with van der Waals surface area (Å²) in [4.78, 5) is 25.3. The van der Waals surface area contributed by atoms with Gasteiger partial charge in [-0.25, -0.2) is 8.42 Å². The van der Waals surface area contributed by atoms with Crippen molar-refractivity contribution in [2.45, 2.75) is 14.7 Å². The number of rotatable bonds is 5. The van der Waals surface area contributed by atoms with Gasteiger partial charge in [-0.1, -0.05) is 30.0 Å². The van der Waals surface area contributed by atoms with Crippen LogP contribution < -0.4 is 0 Å². The first-order chi connectivity index (χ1) is 12.7. The molecule has 0 fully saturated rings. The van der Waals surface area contributed by atoms with Crippen molar-refractivity contribution in [2.75, 3.05) is 6.26 Å². The van der Waals surface area contributed by atoms with Crippen molar-refractivity contribution in [1.82, 2.24) is 4.98 Å². The van der Waals surface area contributed by atoms with Gasteiger partial charge >= 0.3 is 0 Å². The Hall–Kier alpha value is -3.05. The lowest BCUT2D eigenvalue weighted by Crippen LogP contribution is -2.03. The van der Waals surface area contributed by atoms with Crippen LogP contribution in [0.4, 0.5) is 11.4 Å². The third-order valence-corrected chi connectivity index (χ3v) is 5.92. The molecule has 0 aliphatic carbocycles. The summed E-state index contributed by atoms with van der Waals surface area (Å²) in [6.07, 6.45) is 2.37. The lowest BCUT2D eigenvalue weighted by molar-refractivity contribution is -0.400. The molecule has 138 valence electrons. The molecule has 11 heteroatoms. The number of nitrogens with zero attached hydrogens (tertiary/aromatic N) is 3. The Kier molecular flexibility index (Phi) is 4.81. The van der Waals surface area contributed by atoms with Crippen molar-refractivity contribution < 1.29 is 18.3 Å². The van der Waals surface area contributed by atoms with Crippen LogP contribution in [-0.4, -0.2) is 29.5 Å². The lowest BCUT2D eigenvalue weighted by Gasteiger charge is -2.08. The summed E-state index contributed by atoms with van der Waals surface area (Å²) in [5.74, 6) is 0. The fourth-order valence-corrected chi connectivity index (χ4v) is 4.19. The van der Waals surface area contributed by atoms with E-state index in [2.05, 4.69) is 4.98 Å². The second kappa shape index (κ2) is 6.93. The fraction of sp³-hybridized carbons (Fsp3) is 0.0625. The fourth-order valence-electron chi connectivity index (χ4n) is 2.43. The molecule has 0 bridgehead atoms. The first-order valence-electron chi connectivity index (χ1n) is 7.37. The van der Waals surface area contributed by atoms with Gasteiger partial charge in [0.2, 0.25) is 0 Å². The minimum Gasteiger partial charge on any atom is -0.258 e. The van der Waals surface area contributed by atoms with Crippen LogP contribution >= 0.6 is 11.8 Å². The smallest absolute Gasteiger partial charge is 0.258 e. The second-order valence-corrected chi connectivity index (χ2v) is 8.58. The average Bonchev–Trinajstić information content (AvgIpc) is 2.60. The van der Waals surface area contributed by atoms with E-state index in [0.717, 1.165) is 35.5 Å². The standard InChI is InChI=1S/C16H11N3O6S2/c1-27(24,25)11-8-12(18(20)21)16(13(9-11)19(22)23)26-14-6-2-4-10-5-3-7-17-15(10)14/h2-9H,1H3. The summed E-state index contributed by atoms with van der Waals surface area (Å²) < 4.78 is 23.5. The SMILES string of the molecule is CS(=O)(=O)c1cc([N+](=O)[O-])c(Sc2cccc3cccnc23)c([N+](=O)[O-])c1. The Labute approximate surface area is 157 Å². The molecule has 1 aromatic heterocycles. The van der Waals surface area contributed by atoms with E-state index in [1.165, 1.54) is 0 Å². The monoisotopic (exact) mass is 405 g/mol. The zero-order valence-corrected chi connectivity index (χ0v) is 15.4. The van der Waals surface area contributed by atoms with Gasteiger partial charge in [-0.05, 0) is 12.1 Å². The molecule has 3 aromatic rings. The highest BCUT2D eigenvalue weighted by atomic mass is 32.2. The highest BCUT2D eigenvalue weighted by molar-refractivity contribution is 7.99. The Morgan fingerprint density at radius 2 is 1.59 bits per heavy atom. The molecule has 0 aliphatic heterocycles. The molecule has 0 spiro atoms. The van der Waals surface area contributed by atoms with Crippen molar-refractivity contribution in [3.63, 3.8) is 0 Å². The number of hydrogen-bond donors (Lipinski definition) is 0. The molecule has 0 unspecified atom stereocenters. The van der Waals surface area contributed by atoms with Crippen LogP contribution in [0.2, 0.25) is 0 Å². The van der Waals surface area contributed by atoms with Crippen LogP contribution in [0.25, 0.3) is 10.9 Å². The molecule has 0 saturated heterocycles. The number of aromatic nitrogens is 1. The van der Waals surface area contributed by atoms with Crippen LogP contribution in [-0.2, 0) is 9.84 Å². The highest BCUT2D eigenvalue weighted by Crippen LogP contribution is 2.44. The van der Waals surface area contributed by atoms with Crippen molar-refractivity contribution >= 4 is 43.9 Å². The number of hydrogen-bond acceptors (Lipinski definition) is 8. The van der Waals surface area contributed by atoms with Crippen LogP contribution in [0.5, 0.6) is 0 Å². The molecular weight excluding hydrogens is 394 g/mol. The minimum absolute atomic E-state index is 0.254. The quantitative estimate of drug-likeness (QED) is 0.464. The number of sulfone groups is 1. The maximum atomic E-state index is 11.8. The predicted octanol–water partition coefficient (Wildman–Crippen LogP) is 3.61. The van der Waals surface area contributed by atoms with Gasteiger partial charge in [0, 0.05) is 34.9 Å². The highest BCUT2D eigenvalue weighted by Gasteiger charge is 2.30. The van der Waals surface area contributed by atoms with Crippen molar-refractivity contribution in [3.05, 3.63) is 68.9 Å². The summed E-state index contributed by atoms with van der Waals surface area (Å²) in [6.45, 7) is 0. The third-order valence-electron chi connectivity index (χ3n) is 3.65. The average molecular weight is 405 g/mol.